The number of furan rings is 1. The van der Waals surface area contributed by atoms with E-state index in [9.17, 15) is 4.79 Å². The highest BCUT2D eigenvalue weighted by atomic mass is 16.5. The smallest absolute Gasteiger partial charge is 0.349 e. The van der Waals surface area contributed by atoms with Gasteiger partial charge in [-0.3, -0.25) is 0 Å². The van der Waals surface area contributed by atoms with Crippen LogP contribution in [-0.2, 0) is 9.53 Å². The summed E-state index contributed by atoms with van der Waals surface area (Å²) in [5, 5.41) is 9.14. The van der Waals surface area contributed by atoms with Gasteiger partial charge in [-0.2, -0.15) is 5.26 Å². The number of hydrogen-bond donors (Lipinski definition) is 0. The number of nitrogens with zero attached hydrogens (tertiary/aromatic N) is 1. The van der Waals surface area contributed by atoms with Crippen LogP contribution in [-0.4, -0.2) is 12.1 Å². The fourth-order valence-electron chi connectivity index (χ4n) is 1.91. The molecule has 0 radical (unpaired) electrons. The van der Waals surface area contributed by atoms with Gasteiger partial charge in [-0.05, 0) is 32.4 Å². The lowest BCUT2D eigenvalue weighted by Crippen LogP contribution is -2.15. The third-order valence-corrected chi connectivity index (χ3v) is 3.47. The van der Waals surface area contributed by atoms with E-state index in [2.05, 4.69) is 0 Å². The number of ether oxygens (including phenoxy) is 1. The quantitative estimate of drug-likeness (QED) is 0.463. The Balaban J connectivity index is 2.20. The zero-order chi connectivity index (χ0) is 16.8. The Bertz CT molecular complexity index is 748. The monoisotopic (exact) mass is 309 g/mol. The normalized spacial score (nSPS) is 12.5. The maximum atomic E-state index is 11.9. The molecule has 23 heavy (non-hydrogen) atoms. The van der Waals surface area contributed by atoms with E-state index in [1.807, 2.05) is 50.2 Å². The summed E-state index contributed by atoms with van der Waals surface area (Å²) in [4.78, 5) is 11.9. The van der Waals surface area contributed by atoms with Crippen LogP contribution in [0.15, 0.2) is 46.4 Å². The number of benzene rings is 1. The predicted octanol–water partition coefficient (Wildman–Crippen LogP) is 4.50. The molecule has 0 saturated carbocycles. The summed E-state index contributed by atoms with van der Waals surface area (Å²) >= 11 is 0. The maximum absolute atomic E-state index is 11.9. The topological polar surface area (TPSA) is 63.2 Å². The Morgan fingerprint density at radius 2 is 2.00 bits per heavy atom. The van der Waals surface area contributed by atoms with Crippen molar-refractivity contribution in [1.82, 2.24) is 0 Å². The first-order valence-electron chi connectivity index (χ1n) is 7.53. The Morgan fingerprint density at radius 3 is 2.61 bits per heavy atom. The van der Waals surface area contributed by atoms with Gasteiger partial charge in [0.15, 0.2) is 0 Å². The summed E-state index contributed by atoms with van der Waals surface area (Å²) in [7, 11) is 0. The van der Waals surface area contributed by atoms with E-state index in [1.54, 1.807) is 13.0 Å². The van der Waals surface area contributed by atoms with Crippen molar-refractivity contribution >= 4 is 12.0 Å². The Hall–Kier alpha value is -2.80. The van der Waals surface area contributed by atoms with Gasteiger partial charge in [0.25, 0.3) is 0 Å². The number of aryl methyl sites for hydroxylation is 1. The molecule has 4 heteroatoms. The summed E-state index contributed by atoms with van der Waals surface area (Å²) < 4.78 is 10.8. The first kappa shape index (κ1) is 16.6. The molecule has 2 rings (SSSR count). The van der Waals surface area contributed by atoms with Crippen molar-refractivity contribution in [1.29, 1.82) is 5.26 Å². The molecule has 0 N–H and O–H groups in total. The van der Waals surface area contributed by atoms with Crippen molar-refractivity contribution in [3.05, 3.63) is 53.3 Å². The molecule has 1 atom stereocenters. The molecule has 0 saturated heterocycles. The standard InChI is InChI=1S/C19H19NO3/c1-4-14(3)22-19(21)16(12-20)11-17-9-10-18(23-17)15-7-5-13(2)6-8-15/h5-11,14H,4H2,1-3H3/b16-11-/t14-/m0/s1. The average molecular weight is 309 g/mol. The van der Waals surface area contributed by atoms with Crippen LogP contribution in [0.4, 0.5) is 0 Å². The van der Waals surface area contributed by atoms with Gasteiger partial charge in [0.1, 0.15) is 23.2 Å². The van der Waals surface area contributed by atoms with Crippen molar-refractivity contribution in [2.24, 2.45) is 0 Å². The second-order valence-corrected chi connectivity index (χ2v) is 5.36. The molecule has 0 unspecified atom stereocenters. The Kier molecular flexibility index (Phi) is 5.37. The second kappa shape index (κ2) is 7.46. The summed E-state index contributed by atoms with van der Waals surface area (Å²) in [5.74, 6) is 0.497. The maximum Gasteiger partial charge on any atom is 0.349 e. The van der Waals surface area contributed by atoms with Crippen molar-refractivity contribution in [2.45, 2.75) is 33.3 Å². The number of hydrogen-bond acceptors (Lipinski definition) is 4. The van der Waals surface area contributed by atoms with E-state index < -0.39 is 5.97 Å². The fraction of sp³-hybridized carbons (Fsp3) is 0.263. The minimum absolute atomic E-state index is 0.0740. The van der Waals surface area contributed by atoms with Gasteiger partial charge in [-0.25, -0.2) is 4.79 Å². The minimum atomic E-state index is -0.630. The van der Waals surface area contributed by atoms with Crippen LogP contribution in [0.5, 0.6) is 0 Å². The highest BCUT2D eigenvalue weighted by molar-refractivity contribution is 5.97. The zero-order valence-corrected chi connectivity index (χ0v) is 13.5. The van der Waals surface area contributed by atoms with Gasteiger partial charge >= 0.3 is 5.97 Å². The third-order valence-electron chi connectivity index (χ3n) is 3.47. The van der Waals surface area contributed by atoms with Gasteiger partial charge < -0.3 is 9.15 Å². The van der Waals surface area contributed by atoms with Gasteiger partial charge in [-0.1, -0.05) is 36.8 Å². The van der Waals surface area contributed by atoms with Gasteiger partial charge in [0, 0.05) is 11.6 Å². The molecule has 0 spiro atoms. The largest absolute Gasteiger partial charge is 0.459 e. The molecule has 2 aromatic rings. The summed E-state index contributed by atoms with van der Waals surface area (Å²) in [6.07, 6.45) is 1.88. The van der Waals surface area contributed by atoms with Crippen LogP contribution < -0.4 is 0 Å². The Labute approximate surface area is 136 Å². The molecular weight excluding hydrogens is 290 g/mol. The lowest BCUT2D eigenvalue weighted by molar-refractivity contribution is -0.142. The molecule has 1 heterocycles. The summed E-state index contributed by atoms with van der Waals surface area (Å²) in [5.41, 5.74) is 2.03. The molecule has 1 aromatic carbocycles. The zero-order valence-electron chi connectivity index (χ0n) is 13.5. The molecule has 0 aliphatic carbocycles. The van der Waals surface area contributed by atoms with E-state index in [1.165, 1.54) is 11.6 Å². The molecule has 4 nitrogen and oxygen atoms in total. The molecule has 1 aromatic heterocycles. The number of rotatable bonds is 5. The van der Waals surface area contributed by atoms with Gasteiger partial charge in [-0.15, -0.1) is 0 Å². The number of carbonyl (C=O) groups excluding carboxylic acids is 1. The molecule has 0 aliphatic heterocycles. The second-order valence-electron chi connectivity index (χ2n) is 5.36. The predicted molar refractivity (Wildman–Crippen MR) is 88.3 cm³/mol. The van der Waals surface area contributed by atoms with Crippen LogP contribution >= 0.6 is 0 Å². The van der Waals surface area contributed by atoms with Crippen molar-refractivity contribution in [2.75, 3.05) is 0 Å². The fourth-order valence-corrected chi connectivity index (χ4v) is 1.91. The lowest BCUT2D eigenvalue weighted by atomic mass is 10.1. The van der Waals surface area contributed by atoms with E-state index in [0.29, 0.717) is 17.9 Å². The van der Waals surface area contributed by atoms with E-state index >= 15 is 0 Å². The van der Waals surface area contributed by atoms with Crippen molar-refractivity contribution in [3.63, 3.8) is 0 Å². The summed E-state index contributed by atoms with van der Waals surface area (Å²) in [6.45, 7) is 5.71. The van der Waals surface area contributed by atoms with Crippen LogP contribution in [0.1, 0.15) is 31.6 Å². The van der Waals surface area contributed by atoms with E-state index in [4.69, 9.17) is 14.4 Å². The summed E-state index contributed by atoms with van der Waals surface area (Å²) in [6, 6.07) is 13.3. The van der Waals surface area contributed by atoms with Gasteiger partial charge in [0.2, 0.25) is 0 Å². The van der Waals surface area contributed by atoms with Gasteiger partial charge in [0.05, 0.1) is 6.10 Å². The van der Waals surface area contributed by atoms with Crippen LogP contribution in [0.2, 0.25) is 0 Å². The van der Waals surface area contributed by atoms with Crippen molar-refractivity contribution in [3.8, 4) is 17.4 Å². The lowest BCUT2D eigenvalue weighted by Gasteiger charge is -2.09. The first-order valence-corrected chi connectivity index (χ1v) is 7.53. The van der Waals surface area contributed by atoms with Crippen molar-refractivity contribution < 1.29 is 13.9 Å². The highest BCUT2D eigenvalue weighted by Gasteiger charge is 2.15. The van der Waals surface area contributed by atoms with E-state index in [-0.39, 0.29) is 11.7 Å². The van der Waals surface area contributed by atoms with Crippen LogP contribution in [0.25, 0.3) is 17.4 Å². The van der Waals surface area contributed by atoms with Crippen LogP contribution in [0, 0.1) is 18.3 Å². The minimum Gasteiger partial charge on any atom is -0.459 e. The average Bonchev–Trinajstić information content (AvgIpc) is 3.01. The molecule has 0 bridgehead atoms. The highest BCUT2D eigenvalue weighted by Crippen LogP contribution is 2.24. The SMILES string of the molecule is CC[C@H](C)OC(=O)/C(C#N)=C\c1ccc(-c2ccc(C)cc2)o1. The Morgan fingerprint density at radius 1 is 1.30 bits per heavy atom. The first-order chi connectivity index (χ1) is 11.0. The number of carbonyl (C=O) groups is 1. The number of esters is 1. The third kappa shape index (κ3) is 4.33. The molecule has 0 aliphatic rings. The molecule has 0 amide bonds. The van der Waals surface area contributed by atoms with E-state index in [0.717, 1.165) is 5.56 Å². The van der Waals surface area contributed by atoms with Crippen LogP contribution in [0.3, 0.4) is 0 Å². The number of nitriles is 1. The molecule has 0 fully saturated rings. The molecular formula is C19H19NO3. The molecule has 118 valence electrons.